The van der Waals surface area contributed by atoms with Crippen LogP contribution in [0.4, 0.5) is 0 Å². The van der Waals surface area contributed by atoms with E-state index >= 15 is 0 Å². The number of Topliss-reactive ketones (excluding diaryl/α,β-unsaturated/α-hetero) is 1. The van der Waals surface area contributed by atoms with E-state index in [-0.39, 0.29) is 5.41 Å². The molecule has 0 heterocycles. The van der Waals surface area contributed by atoms with Crippen molar-refractivity contribution in [2.75, 3.05) is 0 Å². The third-order valence-electron chi connectivity index (χ3n) is 5.22. The third kappa shape index (κ3) is 6.98. The molecule has 0 aliphatic carbocycles. The Morgan fingerprint density at radius 3 is 1.81 bits per heavy atom. The molecular formula is C20H40O. The van der Waals surface area contributed by atoms with E-state index in [9.17, 15) is 4.79 Å². The molecule has 0 aromatic heterocycles. The zero-order valence-electron chi connectivity index (χ0n) is 15.5. The molecule has 2 unspecified atom stereocenters. The molecular weight excluding hydrogens is 256 g/mol. The van der Waals surface area contributed by atoms with Crippen LogP contribution in [0.1, 0.15) is 112 Å². The van der Waals surface area contributed by atoms with Crippen LogP contribution in [-0.4, -0.2) is 5.78 Å². The molecule has 0 rings (SSSR count). The van der Waals surface area contributed by atoms with E-state index in [1.807, 2.05) is 6.92 Å². The first-order valence-electron chi connectivity index (χ1n) is 9.59. The fourth-order valence-electron chi connectivity index (χ4n) is 3.90. The van der Waals surface area contributed by atoms with Gasteiger partial charge in [-0.25, -0.2) is 0 Å². The number of carbonyl (C=O) groups excluding carboxylic acids is 1. The van der Waals surface area contributed by atoms with Crippen molar-refractivity contribution in [1.29, 1.82) is 0 Å². The molecule has 0 saturated heterocycles. The maximum atomic E-state index is 12.6. The molecule has 0 bridgehead atoms. The van der Waals surface area contributed by atoms with E-state index in [1.165, 1.54) is 57.8 Å². The largest absolute Gasteiger partial charge is 0.299 e. The highest BCUT2D eigenvalue weighted by Gasteiger charge is 2.40. The topological polar surface area (TPSA) is 17.1 Å². The molecule has 0 saturated carbocycles. The molecule has 21 heavy (non-hydrogen) atoms. The summed E-state index contributed by atoms with van der Waals surface area (Å²) in [5.74, 6) is 1.09. The van der Waals surface area contributed by atoms with Gasteiger partial charge in [-0.2, -0.15) is 0 Å². The Hall–Kier alpha value is -0.330. The second-order valence-corrected chi connectivity index (χ2v) is 6.90. The van der Waals surface area contributed by atoms with Crippen LogP contribution < -0.4 is 0 Å². The van der Waals surface area contributed by atoms with Crippen LogP contribution in [0.2, 0.25) is 0 Å². The van der Waals surface area contributed by atoms with Gasteiger partial charge in [-0.05, 0) is 38.5 Å². The second kappa shape index (κ2) is 12.2. The maximum Gasteiger partial charge on any atom is 0.136 e. The Balaban J connectivity index is 5.12. The number of carbonyl (C=O) groups is 1. The van der Waals surface area contributed by atoms with Crippen molar-refractivity contribution < 1.29 is 4.79 Å². The van der Waals surface area contributed by atoms with E-state index < -0.39 is 0 Å². The summed E-state index contributed by atoms with van der Waals surface area (Å²) in [6.07, 6.45) is 14.7. The van der Waals surface area contributed by atoms with Gasteiger partial charge in [0.05, 0.1) is 0 Å². The van der Waals surface area contributed by atoms with Gasteiger partial charge in [0.15, 0.2) is 0 Å². The summed E-state index contributed by atoms with van der Waals surface area (Å²) in [6, 6.07) is 0. The van der Waals surface area contributed by atoms with Crippen LogP contribution in [0.3, 0.4) is 0 Å². The summed E-state index contributed by atoms with van der Waals surface area (Å²) in [5, 5.41) is 0. The first kappa shape index (κ1) is 20.7. The minimum Gasteiger partial charge on any atom is -0.299 e. The number of hydrogen-bond acceptors (Lipinski definition) is 1. The first-order valence-corrected chi connectivity index (χ1v) is 9.59. The molecule has 0 aromatic carbocycles. The predicted molar refractivity (Wildman–Crippen MR) is 94.7 cm³/mol. The molecule has 0 fully saturated rings. The summed E-state index contributed by atoms with van der Waals surface area (Å²) in [7, 11) is 0. The summed E-state index contributed by atoms with van der Waals surface area (Å²) >= 11 is 0. The van der Waals surface area contributed by atoms with Crippen molar-refractivity contribution in [2.45, 2.75) is 112 Å². The molecule has 1 heteroatoms. The van der Waals surface area contributed by atoms with E-state index in [1.54, 1.807) is 0 Å². The number of rotatable bonds is 14. The van der Waals surface area contributed by atoms with Gasteiger partial charge in [-0.15, -0.1) is 0 Å². The zero-order chi connectivity index (χ0) is 16.1. The Morgan fingerprint density at radius 1 is 0.762 bits per heavy atom. The first-order chi connectivity index (χ1) is 10.1. The number of ketones is 1. The Kier molecular flexibility index (Phi) is 12.0. The van der Waals surface area contributed by atoms with Gasteiger partial charge in [0, 0.05) is 5.41 Å². The van der Waals surface area contributed by atoms with E-state index in [2.05, 4.69) is 27.7 Å². The van der Waals surface area contributed by atoms with Gasteiger partial charge in [0.2, 0.25) is 0 Å². The van der Waals surface area contributed by atoms with Gasteiger partial charge in [0.25, 0.3) is 0 Å². The van der Waals surface area contributed by atoms with Crippen LogP contribution in [0.5, 0.6) is 0 Å². The van der Waals surface area contributed by atoms with Crippen LogP contribution in [0.15, 0.2) is 0 Å². The SMILES string of the molecule is CCCCCC(CCCC)C(CCC)(CCCC)C(C)=O. The van der Waals surface area contributed by atoms with Crippen LogP contribution >= 0.6 is 0 Å². The lowest BCUT2D eigenvalue weighted by atomic mass is 9.63. The maximum absolute atomic E-state index is 12.6. The van der Waals surface area contributed by atoms with Crippen LogP contribution in [0.25, 0.3) is 0 Å². The Morgan fingerprint density at radius 2 is 1.33 bits per heavy atom. The van der Waals surface area contributed by atoms with E-state index in [0.717, 1.165) is 19.3 Å². The van der Waals surface area contributed by atoms with Crippen molar-refractivity contribution in [1.82, 2.24) is 0 Å². The zero-order valence-corrected chi connectivity index (χ0v) is 15.5. The van der Waals surface area contributed by atoms with Crippen LogP contribution in [-0.2, 0) is 4.79 Å². The molecule has 2 atom stereocenters. The standard InChI is InChI=1S/C20H40O/c1-6-10-13-15-19(14-11-7-2)20(16-9-4,18(5)21)17-12-8-3/h19H,6-17H2,1-5H3. The number of hydrogen-bond donors (Lipinski definition) is 0. The van der Waals surface area contributed by atoms with E-state index in [0.29, 0.717) is 11.7 Å². The Labute approximate surface area is 134 Å². The molecule has 0 spiro atoms. The summed E-state index contributed by atoms with van der Waals surface area (Å²) in [4.78, 5) is 12.6. The van der Waals surface area contributed by atoms with Crippen molar-refractivity contribution in [3.8, 4) is 0 Å². The third-order valence-corrected chi connectivity index (χ3v) is 5.22. The average Bonchev–Trinajstić information content (AvgIpc) is 2.47. The van der Waals surface area contributed by atoms with Crippen LogP contribution in [0, 0.1) is 11.3 Å². The highest BCUT2D eigenvalue weighted by Crippen LogP contribution is 2.44. The fraction of sp³-hybridized carbons (Fsp3) is 0.950. The molecule has 1 nitrogen and oxygen atoms in total. The van der Waals surface area contributed by atoms with Crippen molar-refractivity contribution >= 4 is 5.78 Å². The molecule has 0 amide bonds. The van der Waals surface area contributed by atoms with E-state index in [4.69, 9.17) is 0 Å². The van der Waals surface area contributed by atoms with Crippen molar-refractivity contribution in [3.05, 3.63) is 0 Å². The molecule has 126 valence electrons. The normalized spacial score (nSPS) is 15.7. The van der Waals surface area contributed by atoms with Crippen molar-refractivity contribution in [3.63, 3.8) is 0 Å². The molecule has 0 N–H and O–H groups in total. The second-order valence-electron chi connectivity index (χ2n) is 6.90. The van der Waals surface area contributed by atoms with Gasteiger partial charge < -0.3 is 0 Å². The predicted octanol–water partition coefficient (Wildman–Crippen LogP) is 6.94. The minimum atomic E-state index is -0.0202. The van der Waals surface area contributed by atoms with Gasteiger partial charge in [-0.1, -0.05) is 79.1 Å². The highest BCUT2D eigenvalue weighted by atomic mass is 16.1. The smallest absolute Gasteiger partial charge is 0.136 e. The Bertz CT molecular complexity index is 259. The highest BCUT2D eigenvalue weighted by molar-refractivity contribution is 5.82. The lowest BCUT2D eigenvalue weighted by molar-refractivity contribution is -0.131. The monoisotopic (exact) mass is 296 g/mol. The lowest BCUT2D eigenvalue weighted by Gasteiger charge is -2.40. The quantitative estimate of drug-likeness (QED) is 0.317. The molecule has 0 aromatic rings. The van der Waals surface area contributed by atoms with Gasteiger partial charge >= 0.3 is 0 Å². The lowest BCUT2D eigenvalue weighted by Crippen LogP contribution is -2.37. The summed E-state index contributed by atoms with van der Waals surface area (Å²) < 4.78 is 0. The molecule has 0 radical (unpaired) electrons. The van der Waals surface area contributed by atoms with Crippen molar-refractivity contribution in [2.24, 2.45) is 11.3 Å². The molecule has 0 aliphatic rings. The summed E-state index contributed by atoms with van der Waals surface area (Å²) in [6.45, 7) is 10.9. The minimum absolute atomic E-state index is 0.0202. The molecule has 0 aliphatic heterocycles. The van der Waals surface area contributed by atoms with Gasteiger partial charge in [0.1, 0.15) is 5.78 Å². The number of unbranched alkanes of at least 4 members (excludes halogenated alkanes) is 4. The fourth-order valence-corrected chi connectivity index (χ4v) is 3.90. The van der Waals surface area contributed by atoms with Gasteiger partial charge in [-0.3, -0.25) is 4.79 Å². The summed E-state index contributed by atoms with van der Waals surface area (Å²) in [5.41, 5.74) is -0.0202. The average molecular weight is 297 g/mol.